The summed E-state index contributed by atoms with van der Waals surface area (Å²) in [7, 11) is 0. The first-order valence-electron chi connectivity index (χ1n) is 3.86. The van der Waals surface area contributed by atoms with Crippen LogP contribution in [0.3, 0.4) is 0 Å². The standard InChI is InChI=1S/C7H15BN.K/c1-4-8(5-2,6-3)7-9;/h4-6H2,1-3H3;/q-1;+1. The van der Waals surface area contributed by atoms with E-state index in [4.69, 9.17) is 5.26 Å². The third-order valence-corrected chi connectivity index (χ3v) is 2.62. The Morgan fingerprint density at radius 1 is 1.10 bits per heavy atom. The van der Waals surface area contributed by atoms with E-state index in [1.165, 1.54) is 0 Å². The van der Waals surface area contributed by atoms with Crippen LogP contribution >= 0.6 is 0 Å². The minimum Gasteiger partial charge on any atom is -0.250 e. The van der Waals surface area contributed by atoms with Crippen molar-refractivity contribution in [2.24, 2.45) is 0 Å². The molecule has 0 atom stereocenters. The molecular formula is C7H15BKN. The van der Waals surface area contributed by atoms with E-state index in [9.17, 15) is 0 Å². The maximum atomic E-state index is 8.75. The van der Waals surface area contributed by atoms with Crippen molar-refractivity contribution < 1.29 is 51.4 Å². The van der Waals surface area contributed by atoms with Crippen LogP contribution in [0.15, 0.2) is 0 Å². The number of nitriles is 1. The predicted molar refractivity (Wildman–Crippen MR) is 42.8 cm³/mol. The van der Waals surface area contributed by atoms with Gasteiger partial charge in [0.1, 0.15) is 6.15 Å². The van der Waals surface area contributed by atoms with Crippen molar-refractivity contribution >= 4 is 6.15 Å². The van der Waals surface area contributed by atoms with Gasteiger partial charge in [0.25, 0.3) is 0 Å². The predicted octanol–water partition coefficient (Wildman–Crippen LogP) is -0.438. The molecule has 52 valence electrons. The zero-order valence-corrected chi connectivity index (χ0v) is 10.8. The van der Waals surface area contributed by atoms with Gasteiger partial charge in [0, 0.05) is 0 Å². The molecule has 0 aromatic carbocycles. The summed E-state index contributed by atoms with van der Waals surface area (Å²) in [5.74, 6) is 2.43. The van der Waals surface area contributed by atoms with Gasteiger partial charge < -0.3 is 0 Å². The summed E-state index contributed by atoms with van der Waals surface area (Å²) in [5, 5.41) is 8.75. The van der Waals surface area contributed by atoms with Crippen LogP contribution in [0, 0.1) is 11.2 Å². The van der Waals surface area contributed by atoms with Crippen molar-refractivity contribution in [1.82, 2.24) is 0 Å². The van der Waals surface area contributed by atoms with Crippen LogP contribution in [0.1, 0.15) is 20.8 Å². The summed E-state index contributed by atoms with van der Waals surface area (Å²) in [4.78, 5) is 0. The molecule has 0 aliphatic rings. The SMILES string of the molecule is CC[B-](C#N)(CC)CC.[K+]. The van der Waals surface area contributed by atoms with Gasteiger partial charge in [-0.05, 0) is 0 Å². The molecule has 0 aliphatic heterocycles. The maximum absolute atomic E-state index is 8.75. The van der Waals surface area contributed by atoms with Gasteiger partial charge in [-0.1, -0.05) is 20.8 Å². The summed E-state index contributed by atoms with van der Waals surface area (Å²) in [5.41, 5.74) is 0. The van der Waals surface area contributed by atoms with Crippen molar-refractivity contribution in [1.29, 1.82) is 5.26 Å². The molecule has 0 saturated carbocycles. The molecule has 0 aliphatic carbocycles. The molecule has 0 radical (unpaired) electrons. The average Bonchev–Trinajstić information content (AvgIpc) is 1.95. The molecule has 0 spiro atoms. The second-order valence-corrected chi connectivity index (χ2v) is 2.83. The Balaban J connectivity index is 0. The maximum Gasteiger partial charge on any atom is 1.00 e. The van der Waals surface area contributed by atoms with Crippen LogP contribution in [0.2, 0.25) is 19.0 Å². The fraction of sp³-hybridized carbons (Fsp3) is 0.857. The van der Waals surface area contributed by atoms with E-state index >= 15 is 0 Å². The number of hydrogen-bond acceptors (Lipinski definition) is 1. The van der Waals surface area contributed by atoms with E-state index < -0.39 is 6.15 Å². The van der Waals surface area contributed by atoms with Crippen molar-refractivity contribution in [3.05, 3.63) is 0 Å². The molecule has 0 bridgehead atoms. The minimum absolute atomic E-state index is 0. The van der Waals surface area contributed by atoms with Crippen LogP contribution in [0.25, 0.3) is 0 Å². The normalized spacial score (nSPS) is 9.80. The summed E-state index contributed by atoms with van der Waals surface area (Å²) >= 11 is 0. The zero-order valence-electron chi connectivity index (χ0n) is 7.65. The Kier molecular flexibility index (Phi) is 9.46. The quantitative estimate of drug-likeness (QED) is 0.517. The second-order valence-electron chi connectivity index (χ2n) is 2.83. The third kappa shape index (κ3) is 3.54. The van der Waals surface area contributed by atoms with Gasteiger partial charge in [-0.3, -0.25) is 0 Å². The molecule has 3 heteroatoms. The van der Waals surface area contributed by atoms with Crippen molar-refractivity contribution in [2.45, 2.75) is 39.7 Å². The van der Waals surface area contributed by atoms with Gasteiger partial charge in [0.2, 0.25) is 0 Å². The topological polar surface area (TPSA) is 23.8 Å². The third-order valence-electron chi connectivity index (χ3n) is 2.62. The molecule has 1 nitrogen and oxygen atoms in total. The second kappa shape index (κ2) is 6.87. The summed E-state index contributed by atoms with van der Waals surface area (Å²) in [6.07, 6.45) is 2.50. The fourth-order valence-corrected chi connectivity index (χ4v) is 1.14. The van der Waals surface area contributed by atoms with Gasteiger partial charge in [-0.25, -0.2) is 5.26 Å². The first-order valence-corrected chi connectivity index (χ1v) is 3.86. The molecule has 0 N–H and O–H groups in total. The first-order chi connectivity index (χ1) is 4.24. The van der Waals surface area contributed by atoms with Crippen molar-refractivity contribution in [3.8, 4) is 5.97 Å². The van der Waals surface area contributed by atoms with Crippen LogP contribution in [-0.2, 0) is 0 Å². The molecule has 0 rings (SSSR count). The molecule has 0 unspecified atom stereocenters. The van der Waals surface area contributed by atoms with E-state index in [2.05, 4.69) is 26.7 Å². The van der Waals surface area contributed by atoms with Crippen molar-refractivity contribution in [3.63, 3.8) is 0 Å². The summed E-state index contributed by atoms with van der Waals surface area (Å²) in [6, 6.07) is 0. The van der Waals surface area contributed by atoms with Gasteiger partial charge in [0.15, 0.2) is 0 Å². The monoisotopic (exact) mass is 163 g/mol. The Hall–Kier alpha value is 1.19. The molecule has 0 aromatic rings. The number of rotatable bonds is 3. The van der Waals surface area contributed by atoms with Crippen LogP contribution in [-0.4, -0.2) is 6.15 Å². The summed E-state index contributed by atoms with van der Waals surface area (Å²) in [6.45, 7) is 6.32. The largest absolute Gasteiger partial charge is 1.00 e. The molecule has 0 aromatic heterocycles. The van der Waals surface area contributed by atoms with E-state index in [0.717, 1.165) is 19.0 Å². The Morgan fingerprint density at radius 3 is 1.40 bits per heavy atom. The van der Waals surface area contributed by atoms with E-state index in [1.807, 2.05) is 0 Å². The van der Waals surface area contributed by atoms with Crippen LogP contribution < -0.4 is 51.4 Å². The van der Waals surface area contributed by atoms with Crippen LogP contribution in [0.4, 0.5) is 0 Å². The molecule has 0 fully saturated rings. The molecule has 10 heavy (non-hydrogen) atoms. The number of nitrogens with zero attached hydrogens (tertiary/aromatic N) is 1. The van der Waals surface area contributed by atoms with Gasteiger partial charge in [-0.2, -0.15) is 24.9 Å². The van der Waals surface area contributed by atoms with E-state index in [1.54, 1.807) is 0 Å². The summed E-state index contributed by atoms with van der Waals surface area (Å²) < 4.78 is 0. The Bertz CT molecular complexity index is 107. The minimum atomic E-state index is -0.639. The molecule has 0 saturated heterocycles. The molecular weight excluding hydrogens is 148 g/mol. The fourth-order valence-electron chi connectivity index (χ4n) is 1.14. The first kappa shape index (κ1) is 13.8. The Morgan fingerprint density at radius 2 is 1.40 bits per heavy atom. The molecule has 0 amide bonds. The van der Waals surface area contributed by atoms with Crippen molar-refractivity contribution in [2.75, 3.05) is 0 Å². The van der Waals surface area contributed by atoms with Gasteiger partial charge in [0.05, 0.1) is 0 Å². The molecule has 0 heterocycles. The smallest absolute Gasteiger partial charge is 0.250 e. The van der Waals surface area contributed by atoms with Gasteiger partial charge in [-0.15, -0.1) is 0 Å². The average molecular weight is 163 g/mol. The van der Waals surface area contributed by atoms with Crippen LogP contribution in [0.5, 0.6) is 0 Å². The van der Waals surface area contributed by atoms with Gasteiger partial charge >= 0.3 is 51.4 Å². The number of hydrogen-bond donors (Lipinski definition) is 0. The zero-order chi connectivity index (χ0) is 7.33. The van der Waals surface area contributed by atoms with E-state index in [-0.39, 0.29) is 51.4 Å². The van der Waals surface area contributed by atoms with E-state index in [0.29, 0.717) is 0 Å². The Labute approximate surface area is 107 Å².